The molecule has 0 aliphatic heterocycles. The lowest BCUT2D eigenvalue weighted by Crippen LogP contribution is -2.25. The fourth-order valence-electron chi connectivity index (χ4n) is 4.20. The van der Waals surface area contributed by atoms with Crippen LogP contribution in [0.3, 0.4) is 0 Å². The normalized spacial score (nSPS) is 12.1. The molecule has 0 aliphatic rings. The van der Waals surface area contributed by atoms with E-state index in [1.807, 2.05) is 0 Å². The third kappa shape index (κ3) is 37.5. The largest absolute Gasteiger partial charge is 0.461 e. The van der Waals surface area contributed by atoms with E-state index in [1.54, 1.807) is 0 Å². The first kappa shape index (κ1) is 38.4. The van der Waals surface area contributed by atoms with Gasteiger partial charge in [0.1, 0.15) is 11.9 Å². The molecular weight excluding hydrogens is 494 g/mol. The molecular formula is C28H59NO7S. The fraction of sp³-hybridized carbons (Fsp3) is 0.964. The Balaban J connectivity index is 0. The first-order chi connectivity index (χ1) is 17.8. The zero-order chi connectivity index (χ0) is 28.0. The molecule has 8 nitrogen and oxygen atoms in total. The SMILES string of the molecule is CCCCCCCCCCCCCCCCCCCCC(CS(=O)(=O)O)OC(C)=O.OCCNCCO. The number of aliphatic hydroxyl groups is 2. The molecule has 0 aliphatic carbocycles. The molecule has 0 radical (unpaired) electrons. The first-order valence-corrected chi connectivity index (χ1v) is 16.4. The van der Waals surface area contributed by atoms with Crippen molar-refractivity contribution in [2.24, 2.45) is 0 Å². The van der Waals surface area contributed by atoms with Crippen molar-refractivity contribution in [1.29, 1.82) is 0 Å². The highest BCUT2D eigenvalue weighted by atomic mass is 32.2. The van der Waals surface area contributed by atoms with Crippen LogP contribution in [0.15, 0.2) is 0 Å². The number of ether oxygens (including phenoxy) is 1. The number of carbonyl (C=O) groups excluding carboxylic acids is 1. The van der Waals surface area contributed by atoms with Crippen LogP contribution in [0.4, 0.5) is 0 Å². The number of hydrogen-bond acceptors (Lipinski definition) is 7. The molecule has 1 unspecified atom stereocenters. The molecule has 224 valence electrons. The van der Waals surface area contributed by atoms with E-state index in [4.69, 9.17) is 19.5 Å². The Bertz CT molecular complexity index is 569. The molecule has 1 atom stereocenters. The Morgan fingerprint density at radius 3 is 1.35 bits per heavy atom. The second-order valence-corrected chi connectivity index (χ2v) is 11.5. The predicted molar refractivity (Wildman–Crippen MR) is 152 cm³/mol. The summed E-state index contributed by atoms with van der Waals surface area (Å²) in [6.45, 7) is 4.94. The number of rotatable bonds is 26. The van der Waals surface area contributed by atoms with E-state index >= 15 is 0 Å². The Labute approximate surface area is 228 Å². The summed E-state index contributed by atoms with van der Waals surface area (Å²) in [7, 11) is -4.12. The van der Waals surface area contributed by atoms with Crippen molar-refractivity contribution in [3.05, 3.63) is 0 Å². The van der Waals surface area contributed by atoms with Gasteiger partial charge in [-0.15, -0.1) is 0 Å². The quantitative estimate of drug-likeness (QED) is 0.0600. The second-order valence-electron chi connectivity index (χ2n) is 9.98. The molecule has 0 rings (SSSR count). The summed E-state index contributed by atoms with van der Waals surface area (Å²) in [6, 6.07) is 0. The summed E-state index contributed by atoms with van der Waals surface area (Å²) in [5, 5.41) is 19.1. The molecule has 0 aromatic heterocycles. The Morgan fingerprint density at radius 1 is 0.703 bits per heavy atom. The average Bonchev–Trinajstić information content (AvgIpc) is 2.82. The van der Waals surface area contributed by atoms with Crippen LogP contribution in [0.5, 0.6) is 0 Å². The third-order valence-electron chi connectivity index (χ3n) is 6.19. The van der Waals surface area contributed by atoms with Crippen molar-refractivity contribution in [1.82, 2.24) is 5.32 Å². The van der Waals surface area contributed by atoms with Gasteiger partial charge in [0.15, 0.2) is 0 Å². The van der Waals surface area contributed by atoms with Gasteiger partial charge in [-0.3, -0.25) is 9.35 Å². The highest BCUT2D eigenvalue weighted by Crippen LogP contribution is 2.15. The standard InChI is InChI=1S/C24H48O5S.C4H11NO2/c1-3-4-5-6-7-8-9-10-11-12-13-14-15-16-17-18-19-20-21-24(29-23(2)25)22-30(26,27)28;6-3-1-5-2-4-7/h24H,3-22H2,1-2H3,(H,26,27,28);5-7H,1-4H2. The lowest BCUT2D eigenvalue weighted by atomic mass is 10.0. The van der Waals surface area contributed by atoms with E-state index in [1.165, 1.54) is 103 Å². The summed E-state index contributed by atoms with van der Waals surface area (Å²) >= 11 is 0. The monoisotopic (exact) mass is 553 g/mol. The zero-order valence-electron chi connectivity index (χ0n) is 23.9. The highest BCUT2D eigenvalue weighted by Gasteiger charge is 2.19. The summed E-state index contributed by atoms with van der Waals surface area (Å²) < 4.78 is 35.9. The third-order valence-corrected chi connectivity index (χ3v) is 6.98. The first-order valence-electron chi connectivity index (χ1n) is 14.8. The van der Waals surface area contributed by atoms with Crippen molar-refractivity contribution in [3.8, 4) is 0 Å². The van der Waals surface area contributed by atoms with Gasteiger partial charge in [0.2, 0.25) is 0 Å². The molecule has 0 aromatic rings. The molecule has 0 bridgehead atoms. The Kier molecular flexibility index (Phi) is 30.9. The molecule has 37 heavy (non-hydrogen) atoms. The van der Waals surface area contributed by atoms with Gasteiger partial charge in [0.25, 0.3) is 10.1 Å². The average molecular weight is 554 g/mol. The smallest absolute Gasteiger partial charge is 0.302 e. The summed E-state index contributed by atoms with van der Waals surface area (Å²) in [4.78, 5) is 11.0. The molecule has 0 saturated carbocycles. The molecule has 0 heterocycles. The lowest BCUT2D eigenvalue weighted by molar-refractivity contribution is -0.145. The van der Waals surface area contributed by atoms with E-state index in [2.05, 4.69) is 12.2 Å². The minimum Gasteiger partial charge on any atom is -0.461 e. The van der Waals surface area contributed by atoms with Crippen LogP contribution < -0.4 is 5.32 Å². The number of unbranched alkanes of at least 4 members (excludes halogenated alkanes) is 17. The molecule has 0 saturated heterocycles. The van der Waals surface area contributed by atoms with Crippen molar-refractivity contribution in [3.63, 3.8) is 0 Å². The van der Waals surface area contributed by atoms with Gasteiger partial charge < -0.3 is 20.3 Å². The maximum atomic E-state index is 11.0. The summed E-state index contributed by atoms with van der Waals surface area (Å²) in [6.07, 6.45) is 23.1. The lowest BCUT2D eigenvalue weighted by Gasteiger charge is -2.15. The summed E-state index contributed by atoms with van der Waals surface area (Å²) in [5.74, 6) is -1.02. The molecule has 4 N–H and O–H groups in total. The van der Waals surface area contributed by atoms with Gasteiger partial charge in [-0.2, -0.15) is 8.42 Å². The number of esters is 1. The van der Waals surface area contributed by atoms with Gasteiger partial charge in [-0.1, -0.05) is 116 Å². The van der Waals surface area contributed by atoms with Gasteiger partial charge in [-0.05, 0) is 12.8 Å². The molecule has 9 heteroatoms. The van der Waals surface area contributed by atoms with Crippen molar-refractivity contribution in [2.45, 2.75) is 142 Å². The Morgan fingerprint density at radius 2 is 1.05 bits per heavy atom. The molecule has 0 amide bonds. The second kappa shape index (κ2) is 29.8. The van der Waals surface area contributed by atoms with E-state index in [9.17, 15) is 13.2 Å². The van der Waals surface area contributed by atoms with Crippen molar-refractivity contribution < 1.29 is 32.7 Å². The topological polar surface area (TPSA) is 133 Å². The van der Waals surface area contributed by atoms with Gasteiger partial charge in [0, 0.05) is 20.0 Å². The van der Waals surface area contributed by atoms with E-state index < -0.39 is 27.9 Å². The minimum atomic E-state index is -4.12. The van der Waals surface area contributed by atoms with Crippen LogP contribution >= 0.6 is 0 Å². The molecule has 0 fully saturated rings. The van der Waals surface area contributed by atoms with Crippen molar-refractivity contribution in [2.75, 3.05) is 32.1 Å². The number of carbonyl (C=O) groups is 1. The zero-order valence-corrected chi connectivity index (χ0v) is 24.7. The molecule has 0 spiro atoms. The van der Waals surface area contributed by atoms with Gasteiger partial charge >= 0.3 is 5.97 Å². The highest BCUT2D eigenvalue weighted by molar-refractivity contribution is 7.85. The van der Waals surface area contributed by atoms with Crippen molar-refractivity contribution >= 4 is 16.1 Å². The van der Waals surface area contributed by atoms with Crippen LogP contribution in [-0.4, -0.2) is 67.3 Å². The molecule has 0 aromatic carbocycles. The minimum absolute atomic E-state index is 0.139. The van der Waals surface area contributed by atoms with Gasteiger partial charge in [-0.25, -0.2) is 0 Å². The van der Waals surface area contributed by atoms with Crippen LogP contribution in [0.2, 0.25) is 0 Å². The number of aliphatic hydroxyl groups excluding tert-OH is 2. The van der Waals surface area contributed by atoms with Crippen LogP contribution in [-0.2, 0) is 19.6 Å². The van der Waals surface area contributed by atoms with Crippen LogP contribution in [0, 0.1) is 0 Å². The Hall–Kier alpha value is -0.740. The van der Waals surface area contributed by atoms with E-state index in [-0.39, 0.29) is 13.2 Å². The predicted octanol–water partition coefficient (Wildman–Crippen LogP) is 5.80. The van der Waals surface area contributed by atoms with Gasteiger partial charge in [0.05, 0.1) is 13.2 Å². The number of nitrogens with one attached hydrogen (secondary N) is 1. The van der Waals surface area contributed by atoms with Crippen LogP contribution in [0.25, 0.3) is 0 Å². The van der Waals surface area contributed by atoms with E-state index in [0.29, 0.717) is 19.5 Å². The summed E-state index contributed by atoms with van der Waals surface area (Å²) in [5.41, 5.74) is 0. The fourth-order valence-corrected chi connectivity index (χ4v) is 4.91. The van der Waals surface area contributed by atoms with E-state index in [0.717, 1.165) is 19.3 Å². The maximum absolute atomic E-state index is 11.0. The maximum Gasteiger partial charge on any atom is 0.302 e. The number of hydrogen-bond donors (Lipinski definition) is 4. The van der Waals surface area contributed by atoms with Crippen LogP contribution in [0.1, 0.15) is 136 Å².